The summed E-state index contributed by atoms with van der Waals surface area (Å²) in [6, 6.07) is 35.3. The smallest absolute Gasteiger partial charge is 0.224 e. The van der Waals surface area contributed by atoms with Gasteiger partial charge in [-0.15, -0.1) is 45.3 Å². The highest BCUT2D eigenvalue weighted by Gasteiger charge is 2.49. The summed E-state index contributed by atoms with van der Waals surface area (Å²) in [6.45, 7) is 7.96. The second-order valence-electron chi connectivity index (χ2n) is 11.6. The van der Waals surface area contributed by atoms with Crippen LogP contribution in [0.2, 0.25) is 26.2 Å². The SMILES string of the molecule is C[Si](C)(O)c1ccc(-c2cc3c(s2)-c2sc(-c4ccc([Si](C)(C)O)s4)cc2C3(c2ccccc2)c2ccccc2)s1. The van der Waals surface area contributed by atoms with E-state index in [1.165, 1.54) is 51.5 Å². The molecule has 206 valence electrons. The Labute approximate surface area is 259 Å². The van der Waals surface area contributed by atoms with Crippen molar-refractivity contribution in [1.29, 1.82) is 0 Å². The van der Waals surface area contributed by atoms with Gasteiger partial charge in [0.25, 0.3) is 0 Å². The Bertz CT molecular complexity index is 1730. The quantitative estimate of drug-likeness (QED) is 0.179. The summed E-state index contributed by atoms with van der Waals surface area (Å²) in [5.74, 6) is 0. The molecular weight excluding hydrogens is 613 g/mol. The number of hydrogen-bond acceptors (Lipinski definition) is 6. The fourth-order valence-corrected chi connectivity index (χ4v) is 13.7. The summed E-state index contributed by atoms with van der Waals surface area (Å²) in [5, 5.41) is 0. The van der Waals surface area contributed by atoms with E-state index >= 15 is 0 Å². The van der Waals surface area contributed by atoms with Gasteiger partial charge in [-0.3, -0.25) is 0 Å². The van der Waals surface area contributed by atoms with Crippen LogP contribution in [0.15, 0.2) is 97.1 Å². The summed E-state index contributed by atoms with van der Waals surface area (Å²) in [4.78, 5) is 29.2. The molecule has 1 aliphatic rings. The average molecular weight is 643 g/mol. The molecule has 0 saturated carbocycles. The zero-order valence-electron chi connectivity index (χ0n) is 23.3. The van der Waals surface area contributed by atoms with E-state index in [9.17, 15) is 9.59 Å². The van der Waals surface area contributed by atoms with Crippen LogP contribution in [0.5, 0.6) is 0 Å². The van der Waals surface area contributed by atoms with Gasteiger partial charge in [0, 0.05) is 28.5 Å². The monoisotopic (exact) mass is 642 g/mol. The molecule has 0 fully saturated rings. The third-order valence-electron chi connectivity index (χ3n) is 7.80. The molecule has 0 bridgehead atoms. The third-order valence-corrected chi connectivity index (χ3v) is 18.8. The molecule has 0 aliphatic heterocycles. The highest BCUT2D eigenvalue weighted by molar-refractivity contribution is 7.33. The normalized spacial score (nSPS) is 14.3. The third kappa shape index (κ3) is 4.44. The molecule has 4 aromatic heterocycles. The van der Waals surface area contributed by atoms with Crippen molar-refractivity contribution >= 4 is 71.0 Å². The number of hydrogen-bond donors (Lipinski definition) is 2. The molecule has 0 radical (unpaired) electrons. The highest BCUT2D eigenvalue weighted by Crippen LogP contribution is 2.63. The first-order chi connectivity index (χ1) is 19.6. The summed E-state index contributed by atoms with van der Waals surface area (Å²) >= 11 is 7.23. The molecule has 1 aliphatic carbocycles. The molecule has 6 aromatic rings. The Morgan fingerprint density at radius 3 is 1.22 bits per heavy atom. The van der Waals surface area contributed by atoms with Gasteiger partial charge in [-0.25, -0.2) is 0 Å². The van der Waals surface area contributed by atoms with Crippen LogP contribution in [-0.2, 0) is 5.41 Å². The lowest BCUT2D eigenvalue weighted by Crippen LogP contribution is -2.38. The zero-order chi connectivity index (χ0) is 28.6. The fraction of sp³-hybridized carbons (Fsp3) is 0.152. The van der Waals surface area contributed by atoms with Crippen molar-refractivity contribution in [3.05, 3.63) is 119 Å². The van der Waals surface area contributed by atoms with E-state index in [2.05, 4.69) is 97.1 Å². The summed E-state index contributed by atoms with van der Waals surface area (Å²) in [7, 11) is -4.74. The zero-order valence-corrected chi connectivity index (χ0v) is 28.5. The van der Waals surface area contributed by atoms with Gasteiger partial charge in [-0.1, -0.05) is 60.7 Å². The van der Waals surface area contributed by atoms with Gasteiger partial charge >= 0.3 is 0 Å². The summed E-state index contributed by atoms with van der Waals surface area (Å²) in [6.07, 6.45) is 0. The second-order valence-corrected chi connectivity index (χ2v) is 23.9. The number of fused-ring (bicyclic) bond motifs is 3. The molecule has 0 amide bonds. The lowest BCUT2D eigenvalue weighted by Gasteiger charge is -2.32. The molecule has 7 rings (SSSR count). The Morgan fingerprint density at radius 2 is 0.878 bits per heavy atom. The van der Waals surface area contributed by atoms with Crippen LogP contribution < -0.4 is 9.00 Å². The Morgan fingerprint density at radius 1 is 0.488 bits per heavy atom. The van der Waals surface area contributed by atoms with E-state index in [0.29, 0.717) is 0 Å². The van der Waals surface area contributed by atoms with Gasteiger partial charge in [0.1, 0.15) is 0 Å². The van der Waals surface area contributed by atoms with Crippen molar-refractivity contribution in [1.82, 2.24) is 0 Å². The van der Waals surface area contributed by atoms with Gasteiger partial charge in [-0.2, -0.15) is 0 Å². The molecule has 0 spiro atoms. The Hall–Kier alpha value is -2.41. The molecule has 0 unspecified atom stereocenters. The molecule has 4 heterocycles. The maximum atomic E-state index is 10.8. The first-order valence-corrected chi connectivity index (χ1v) is 22.8. The molecule has 0 atom stereocenters. The first-order valence-electron chi connectivity index (χ1n) is 13.6. The lowest BCUT2D eigenvalue weighted by molar-refractivity contribution is 0.568. The van der Waals surface area contributed by atoms with Crippen LogP contribution in [0.1, 0.15) is 22.3 Å². The van der Waals surface area contributed by atoms with E-state index < -0.39 is 22.0 Å². The van der Waals surface area contributed by atoms with Crippen molar-refractivity contribution < 1.29 is 9.59 Å². The Kier molecular flexibility index (Phi) is 6.57. The molecule has 0 saturated heterocycles. The summed E-state index contributed by atoms with van der Waals surface area (Å²) < 4.78 is 2.22. The summed E-state index contributed by atoms with van der Waals surface area (Å²) in [5.41, 5.74) is 4.80. The van der Waals surface area contributed by atoms with Crippen LogP contribution in [0, 0.1) is 0 Å². The topological polar surface area (TPSA) is 40.5 Å². The average Bonchev–Trinajstić information content (AvgIpc) is 3.75. The van der Waals surface area contributed by atoms with Crippen LogP contribution in [0.4, 0.5) is 0 Å². The van der Waals surface area contributed by atoms with Gasteiger partial charge < -0.3 is 9.59 Å². The van der Waals surface area contributed by atoms with Gasteiger partial charge in [0.05, 0.1) is 15.2 Å². The van der Waals surface area contributed by atoms with E-state index in [-0.39, 0.29) is 0 Å². The maximum Gasteiger partial charge on any atom is 0.224 e. The largest absolute Gasteiger partial charge is 0.427 e. The minimum atomic E-state index is -2.37. The second kappa shape index (κ2) is 9.82. The van der Waals surface area contributed by atoms with Gasteiger partial charge in [0.15, 0.2) is 0 Å². The van der Waals surface area contributed by atoms with Crippen molar-refractivity contribution in [2.75, 3.05) is 0 Å². The van der Waals surface area contributed by atoms with Crippen molar-refractivity contribution in [3.8, 4) is 29.3 Å². The molecule has 2 nitrogen and oxygen atoms in total. The predicted octanol–water partition coefficient (Wildman–Crippen LogP) is 8.44. The van der Waals surface area contributed by atoms with Crippen LogP contribution in [0.3, 0.4) is 0 Å². The van der Waals surface area contributed by atoms with E-state index in [1.54, 1.807) is 22.7 Å². The first kappa shape index (κ1) is 27.4. The number of thiophene rings is 4. The maximum absolute atomic E-state index is 10.8. The Balaban J connectivity index is 1.50. The molecule has 2 aromatic carbocycles. The van der Waals surface area contributed by atoms with Gasteiger partial charge in [-0.05, 0) is 84.8 Å². The molecule has 8 heteroatoms. The molecule has 41 heavy (non-hydrogen) atoms. The van der Waals surface area contributed by atoms with Crippen LogP contribution in [-0.4, -0.2) is 26.2 Å². The highest BCUT2D eigenvalue weighted by atomic mass is 32.1. The standard InChI is InChI=1S/C33H30O2S4Si2/c1-40(2,34)29-17-15-25(36-29)27-19-23-31(38-27)32-24(20-28(39-32)26-16-18-30(37-26)41(3,4)35)33(23,21-11-7-5-8-12-21)22-13-9-6-10-14-22/h5-20,34-35H,1-4H3. The van der Waals surface area contributed by atoms with E-state index in [1.807, 2.05) is 48.9 Å². The fourth-order valence-electron chi connectivity index (χ4n) is 5.83. The van der Waals surface area contributed by atoms with E-state index in [0.717, 1.165) is 9.00 Å². The van der Waals surface area contributed by atoms with Crippen LogP contribution in [0.25, 0.3) is 29.3 Å². The van der Waals surface area contributed by atoms with E-state index in [4.69, 9.17) is 0 Å². The number of benzene rings is 2. The number of rotatable bonds is 6. The lowest BCUT2D eigenvalue weighted by atomic mass is 9.68. The molecule has 2 N–H and O–H groups in total. The van der Waals surface area contributed by atoms with Crippen molar-refractivity contribution in [2.45, 2.75) is 31.6 Å². The molecular formula is C33H30O2S4Si2. The minimum Gasteiger partial charge on any atom is -0.427 e. The minimum absolute atomic E-state index is 0.424. The van der Waals surface area contributed by atoms with Crippen molar-refractivity contribution in [2.24, 2.45) is 0 Å². The van der Waals surface area contributed by atoms with Crippen molar-refractivity contribution in [3.63, 3.8) is 0 Å². The van der Waals surface area contributed by atoms with Crippen LogP contribution >= 0.6 is 45.3 Å². The van der Waals surface area contributed by atoms with Gasteiger partial charge in [0.2, 0.25) is 16.6 Å². The predicted molar refractivity (Wildman–Crippen MR) is 185 cm³/mol.